The van der Waals surface area contributed by atoms with Gasteiger partial charge in [0.2, 0.25) is 0 Å². The molecular weight excluding hydrogens is 450 g/mol. The van der Waals surface area contributed by atoms with E-state index in [4.69, 9.17) is 4.74 Å². The average Bonchev–Trinajstić information content (AvgIpc) is 2.88. The third-order valence-corrected chi connectivity index (χ3v) is 7.68. The Labute approximate surface area is 201 Å². The molecular formula is C26H29N3O4S. The zero-order valence-corrected chi connectivity index (χ0v) is 20.2. The zero-order chi connectivity index (χ0) is 24.1. The van der Waals surface area contributed by atoms with E-state index in [9.17, 15) is 13.2 Å². The van der Waals surface area contributed by atoms with Crippen molar-refractivity contribution in [3.8, 4) is 5.75 Å². The summed E-state index contributed by atoms with van der Waals surface area (Å²) in [4.78, 5) is 15.4. The fourth-order valence-electron chi connectivity index (χ4n) is 4.00. The fourth-order valence-corrected chi connectivity index (χ4v) is 5.50. The van der Waals surface area contributed by atoms with Crippen molar-refractivity contribution in [2.45, 2.75) is 31.4 Å². The molecule has 0 radical (unpaired) electrons. The number of nitrogens with one attached hydrogen (secondary N) is 1. The summed E-state index contributed by atoms with van der Waals surface area (Å²) in [5.74, 6) is -0.00688. The number of carbonyl (C=O) groups excluding carboxylic acids is 1. The van der Waals surface area contributed by atoms with E-state index in [1.54, 1.807) is 54.6 Å². The lowest BCUT2D eigenvalue weighted by atomic mass is 10.1. The second-order valence-electron chi connectivity index (χ2n) is 7.98. The topological polar surface area (TPSA) is 79.0 Å². The van der Waals surface area contributed by atoms with Crippen LogP contribution in [0.25, 0.3) is 0 Å². The van der Waals surface area contributed by atoms with Crippen molar-refractivity contribution >= 4 is 27.3 Å². The Bertz CT molecular complexity index is 1230. The first kappa shape index (κ1) is 23.6. The Morgan fingerprint density at radius 3 is 2.29 bits per heavy atom. The van der Waals surface area contributed by atoms with E-state index >= 15 is 0 Å². The number of amides is 1. The molecule has 1 amide bonds. The second-order valence-corrected chi connectivity index (χ2v) is 9.84. The average molecular weight is 480 g/mol. The first-order valence-corrected chi connectivity index (χ1v) is 12.8. The summed E-state index contributed by atoms with van der Waals surface area (Å²) in [7, 11) is -3.86. The highest BCUT2D eigenvalue weighted by Crippen LogP contribution is 2.36. The Hall–Kier alpha value is -3.52. The molecule has 4 rings (SSSR count). The summed E-state index contributed by atoms with van der Waals surface area (Å²) < 4.78 is 33.9. The number of ether oxygens (including phenoxy) is 1. The maximum absolute atomic E-state index is 13.4. The van der Waals surface area contributed by atoms with Gasteiger partial charge in [-0.15, -0.1) is 0 Å². The Morgan fingerprint density at radius 1 is 0.971 bits per heavy atom. The molecule has 34 heavy (non-hydrogen) atoms. The molecule has 1 heterocycles. The molecule has 1 N–H and O–H groups in total. The van der Waals surface area contributed by atoms with Crippen molar-refractivity contribution in [3.63, 3.8) is 0 Å². The zero-order valence-electron chi connectivity index (χ0n) is 19.3. The van der Waals surface area contributed by atoms with Crippen LogP contribution in [0.1, 0.15) is 19.4 Å². The highest BCUT2D eigenvalue weighted by molar-refractivity contribution is 7.92. The molecule has 8 heteroatoms. The monoisotopic (exact) mass is 479 g/mol. The first-order chi connectivity index (χ1) is 16.4. The van der Waals surface area contributed by atoms with Crippen molar-refractivity contribution in [2.24, 2.45) is 0 Å². The Morgan fingerprint density at radius 2 is 1.62 bits per heavy atom. The maximum Gasteiger partial charge on any atom is 0.264 e. The van der Waals surface area contributed by atoms with Gasteiger partial charge >= 0.3 is 0 Å². The summed E-state index contributed by atoms with van der Waals surface area (Å²) in [6.45, 7) is 6.29. The van der Waals surface area contributed by atoms with Gasteiger partial charge < -0.3 is 15.0 Å². The number of sulfonamides is 1. The predicted octanol–water partition coefficient (Wildman–Crippen LogP) is 3.81. The number of hydrogen-bond acceptors (Lipinski definition) is 5. The molecule has 0 saturated heterocycles. The maximum atomic E-state index is 13.4. The van der Waals surface area contributed by atoms with Crippen LogP contribution < -0.4 is 19.3 Å². The summed E-state index contributed by atoms with van der Waals surface area (Å²) in [5.41, 5.74) is 2.51. The van der Waals surface area contributed by atoms with Gasteiger partial charge in [-0.05, 0) is 55.8 Å². The molecule has 1 atom stereocenters. The van der Waals surface area contributed by atoms with Gasteiger partial charge in [0.1, 0.15) is 5.75 Å². The summed E-state index contributed by atoms with van der Waals surface area (Å²) in [6, 6.07) is 23.1. The van der Waals surface area contributed by atoms with E-state index in [2.05, 4.69) is 24.1 Å². The van der Waals surface area contributed by atoms with Crippen LogP contribution in [-0.2, 0) is 21.4 Å². The normalized spacial score (nSPS) is 15.2. The van der Waals surface area contributed by atoms with E-state index in [0.717, 1.165) is 24.3 Å². The van der Waals surface area contributed by atoms with Crippen molar-refractivity contribution in [2.75, 3.05) is 28.8 Å². The molecule has 178 valence electrons. The van der Waals surface area contributed by atoms with Crippen LogP contribution in [0.2, 0.25) is 0 Å². The number of hydrogen-bond donors (Lipinski definition) is 1. The molecule has 1 aliphatic heterocycles. The number of anilines is 2. The van der Waals surface area contributed by atoms with Gasteiger partial charge in [0.25, 0.3) is 15.9 Å². The minimum atomic E-state index is -3.86. The number of nitrogens with zero attached hydrogens (tertiary/aromatic N) is 2. The molecule has 0 fully saturated rings. The highest BCUT2D eigenvalue weighted by Gasteiger charge is 2.37. The SMILES string of the molecule is CCN(CC)c1ccc(CNC(=O)C2CN(S(=O)(=O)c3ccccc3)c3ccccc3O2)cc1. The minimum Gasteiger partial charge on any atom is -0.476 e. The van der Waals surface area contributed by atoms with Gasteiger partial charge in [-0.3, -0.25) is 9.10 Å². The fraction of sp³-hybridized carbons (Fsp3) is 0.269. The van der Waals surface area contributed by atoms with Gasteiger partial charge in [0.15, 0.2) is 6.10 Å². The minimum absolute atomic E-state index is 0.110. The quantitative estimate of drug-likeness (QED) is 0.532. The number of carbonyl (C=O) groups is 1. The molecule has 7 nitrogen and oxygen atoms in total. The van der Waals surface area contributed by atoms with Gasteiger partial charge in [-0.25, -0.2) is 8.42 Å². The molecule has 1 aliphatic rings. The second kappa shape index (κ2) is 10.2. The lowest BCUT2D eigenvalue weighted by Gasteiger charge is -2.34. The lowest BCUT2D eigenvalue weighted by Crippen LogP contribution is -2.50. The third kappa shape index (κ3) is 4.87. The largest absolute Gasteiger partial charge is 0.476 e. The summed E-state index contributed by atoms with van der Waals surface area (Å²) in [5, 5.41) is 2.89. The lowest BCUT2D eigenvalue weighted by molar-refractivity contribution is -0.127. The number of fused-ring (bicyclic) bond motifs is 1. The van der Waals surface area contributed by atoms with E-state index in [1.165, 1.54) is 4.31 Å². The number of para-hydroxylation sites is 2. The molecule has 3 aromatic rings. The van der Waals surface area contributed by atoms with Crippen molar-refractivity contribution in [1.82, 2.24) is 5.32 Å². The molecule has 3 aromatic carbocycles. The van der Waals surface area contributed by atoms with Crippen LogP contribution in [0.15, 0.2) is 83.8 Å². The summed E-state index contributed by atoms with van der Waals surface area (Å²) in [6.07, 6.45) is -0.969. The molecule has 1 unspecified atom stereocenters. The Kier molecular flexibility index (Phi) is 7.07. The van der Waals surface area contributed by atoms with Crippen LogP contribution in [0.5, 0.6) is 5.75 Å². The predicted molar refractivity (Wildman–Crippen MR) is 134 cm³/mol. The molecule has 0 aliphatic carbocycles. The van der Waals surface area contributed by atoms with Crippen LogP contribution in [0.3, 0.4) is 0 Å². The summed E-state index contributed by atoms with van der Waals surface area (Å²) >= 11 is 0. The molecule has 0 spiro atoms. The van der Waals surface area contributed by atoms with Gasteiger partial charge in [-0.2, -0.15) is 0 Å². The van der Waals surface area contributed by atoms with Gasteiger partial charge in [0, 0.05) is 25.3 Å². The van der Waals surface area contributed by atoms with E-state index in [1.807, 2.05) is 24.3 Å². The molecule has 0 bridgehead atoms. The van der Waals surface area contributed by atoms with Crippen LogP contribution in [0, 0.1) is 0 Å². The van der Waals surface area contributed by atoms with Crippen molar-refractivity contribution in [3.05, 3.63) is 84.4 Å². The standard InChI is InChI=1S/C26H29N3O4S/c1-3-28(4-2)21-16-14-20(15-17-21)18-27-26(30)25-19-29(23-12-8-9-13-24(23)33-25)34(31,32)22-10-6-5-7-11-22/h5-17,25H,3-4,18-19H2,1-2H3,(H,27,30). The van der Waals surface area contributed by atoms with Gasteiger partial charge in [0.05, 0.1) is 17.1 Å². The Balaban J connectivity index is 1.50. The van der Waals surface area contributed by atoms with E-state index < -0.39 is 16.1 Å². The van der Waals surface area contributed by atoms with Crippen LogP contribution in [-0.4, -0.2) is 40.1 Å². The smallest absolute Gasteiger partial charge is 0.264 e. The van der Waals surface area contributed by atoms with Crippen LogP contribution >= 0.6 is 0 Å². The van der Waals surface area contributed by atoms with Crippen LogP contribution in [0.4, 0.5) is 11.4 Å². The molecule has 0 saturated carbocycles. The van der Waals surface area contributed by atoms with E-state index in [0.29, 0.717) is 18.0 Å². The van der Waals surface area contributed by atoms with E-state index in [-0.39, 0.29) is 17.3 Å². The number of rotatable bonds is 8. The third-order valence-electron chi connectivity index (χ3n) is 5.89. The number of benzene rings is 3. The van der Waals surface area contributed by atoms with Crippen molar-refractivity contribution in [1.29, 1.82) is 0 Å². The highest BCUT2D eigenvalue weighted by atomic mass is 32.2. The van der Waals surface area contributed by atoms with Gasteiger partial charge in [-0.1, -0.05) is 42.5 Å². The van der Waals surface area contributed by atoms with Crippen molar-refractivity contribution < 1.29 is 17.9 Å². The molecule has 0 aromatic heterocycles. The first-order valence-electron chi connectivity index (χ1n) is 11.4.